The highest BCUT2D eigenvalue weighted by Gasteiger charge is 2.15. The molecule has 0 aliphatic carbocycles. The fourth-order valence-corrected chi connectivity index (χ4v) is 2.77. The lowest BCUT2D eigenvalue weighted by Gasteiger charge is -2.05. The Kier molecular flexibility index (Phi) is 2.72. The second-order valence-corrected chi connectivity index (χ2v) is 5.26. The molecule has 4 aromatic rings. The summed E-state index contributed by atoms with van der Waals surface area (Å²) in [6, 6.07) is 15.4. The predicted octanol–water partition coefficient (Wildman–Crippen LogP) is 2.98. The summed E-state index contributed by atoms with van der Waals surface area (Å²) in [5.74, 6) is 0.143. The standard InChI is InChI=1S/C17H14N4O/c18-17-20-13-3-1-2-4-15(13)21(17)16(22)10-11-5-6-12-7-8-19-14(12)9-11/h1-9,19H,10H2,(H2,18,20). The van der Waals surface area contributed by atoms with Gasteiger partial charge in [-0.1, -0.05) is 24.3 Å². The lowest BCUT2D eigenvalue weighted by molar-refractivity contribution is 0.0921. The summed E-state index contributed by atoms with van der Waals surface area (Å²) in [7, 11) is 0. The first-order chi connectivity index (χ1) is 10.7. The van der Waals surface area contributed by atoms with Gasteiger partial charge in [-0.15, -0.1) is 0 Å². The van der Waals surface area contributed by atoms with Crippen LogP contribution < -0.4 is 5.73 Å². The van der Waals surface area contributed by atoms with E-state index in [2.05, 4.69) is 9.97 Å². The van der Waals surface area contributed by atoms with Gasteiger partial charge in [0.05, 0.1) is 17.5 Å². The van der Waals surface area contributed by atoms with Crippen molar-refractivity contribution in [2.24, 2.45) is 0 Å². The van der Waals surface area contributed by atoms with Crippen molar-refractivity contribution in [3.05, 3.63) is 60.3 Å². The zero-order chi connectivity index (χ0) is 15.1. The van der Waals surface area contributed by atoms with Crippen LogP contribution in [0.15, 0.2) is 54.7 Å². The summed E-state index contributed by atoms with van der Waals surface area (Å²) in [6.07, 6.45) is 2.16. The fraction of sp³-hybridized carbons (Fsp3) is 0.0588. The molecule has 0 aliphatic heterocycles. The largest absolute Gasteiger partial charge is 0.369 e. The van der Waals surface area contributed by atoms with Crippen molar-refractivity contribution in [1.29, 1.82) is 0 Å². The van der Waals surface area contributed by atoms with E-state index in [9.17, 15) is 4.79 Å². The second kappa shape index (κ2) is 4.73. The molecule has 5 heteroatoms. The van der Waals surface area contributed by atoms with Gasteiger partial charge in [0.2, 0.25) is 11.9 Å². The van der Waals surface area contributed by atoms with E-state index in [4.69, 9.17) is 5.73 Å². The van der Waals surface area contributed by atoms with Crippen LogP contribution in [0.3, 0.4) is 0 Å². The van der Waals surface area contributed by atoms with E-state index in [1.54, 1.807) is 0 Å². The molecule has 2 aromatic carbocycles. The van der Waals surface area contributed by atoms with Crippen LogP contribution >= 0.6 is 0 Å². The zero-order valence-electron chi connectivity index (χ0n) is 11.8. The molecular formula is C17H14N4O. The van der Waals surface area contributed by atoms with Crippen molar-refractivity contribution in [2.45, 2.75) is 6.42 Å². The molecule has 3 N–H and O–H groups in total. The lowest BCUT2D eigenvalue weighted by Crippen LogP contribution is -2.15. The van der Waals surface area contributed by atoms with E-state index < -0.39 is 0 Å². The number of nitrogen functional groups attached to an aromatic ring is 1. The number of rotatable bonds is 2. The second-order valence-electron chi connectivity index (χ2n) is 5.26. The lowest BCUT2D eigenvalue weighted by atomic mass is 10.1. The number of carbonyl (C=O) groups is 1. The molecule has 0 atom stereocenters. The Hall–Kier alpha value is -3.08. The van der Waals surface area contributed by atoms with Crippen LogP contribution in [0.4, 0.5) is 5.95 Å². The normalized spacial score (nSPS) is 11.3. The summed E-state index contributed by atoms with van der Waals surface area (Å²) in [6.45, 7) is 0. The van der Waals surface area contributed by atoms with Gasteiger partial charge < -0.3 is 10.7 Å². The molecule has 2 heterocycles. The molecule has 0 aliphatic rings. The van der Waals surface area contributed by atoms with E-state index in [0.29, 0.717) is 0 Å². The van der Waals surface area contributed by atoms with Gasteiger partial charge in [0, 0.05) is 11.7 Å². The highest BCUT2D eigenvalue weighted by atomic mass is 16.2. The van der Waals surface area contributed by atoms with Gasteiger partial charge in [-0.05, 0) is 35.2 Å². The van der Waals surface area contributed by atoms with Gasteiger partial charge in [0.25, 0.3) is 0 Å². The van der Waals surface area contributed by atoms with Gasteiger partial charge in [-0.3, -0.25) is 4.79 Å². The topological polar surface area (TPSA) is 76.7 Å². The van der Waals surface area contributed by atoms with Crippen molar-refractivity contribution >= 4 is 33.8 Å². The summed E-state index contributed by atoms with van der Waals surface area (Å²) in [5, 5.41) is 1.13. The van der Waals surface area contributed by atoms with Crippen LogP contribution in [-0.4, -0.2) is 20.4 Å². The Bertz CT molecular complexity index is 996. The summed E-state index contributed by atoms with van der Waals surface area (Å²) >= 11 is 0. The molecule has 22 heavy (non-hydrogen) atoms. The number of fused-ring (bicyclic) bond motifs is 2. The molecule has 0 saturated carbocycles. The molecule has 0 saturated heterocycles. The predicted molar refractivity (Wildman–Crippen MR) is 86.8 cm³/mol. The van der Waals surface area contributed by atoms with Crippen LogP contribution in [0, 0.1) is 0 Å². The maximum Gasteiger partial charge on any atom is 0.238 e. The average molecular weight is 290 g/mol. The number of hydrogen-bond acceptors (Lipinski definition) is 3. The van der Waals surface area contributed by atoms with Gasteiger partial charge in [0.15, 0.2) is 0 Å². The van der Waals surface area contributed by atoms with Gasteiger partial charge in [-0.25, -0.2) is 9.55 Å². The Balaban J connectivity index is 1.72. The molecule has 0 fully saturated rings. The molecule has 0 spiro atoms. The summed E-state index contributed by atoms with van der Waals surface area (Å²) in [5.41, 5.74) is 9.34. The first kappa shape index (κ1) is 12.6. The molecule has 0 amide bonds. The van der Waals surface area contributed by atoms with E-state index >= 15 is 0 Å². The Morgan fingerprint density at radius 2 is 2.05 bits per heavy atom. The third-order valence-electron chi connectivity index (χ3n) is 3.81. The number of aromatic amines is 1. The van der Waals surface area contributed by atoms with Crippen LogP contribution in [0.5, 0.6) is 0 Å². The third-order valence-corrected chi connectivity index (χ3v) is 3.81. The van der Waals surface area contributed by atoms with E-state index in [1.165, 1.54) is 4.57 Å². The number of nitrogens with zero attached hydrogens (tertiary/aromatic N) is 2. The molecule has 4 rings (SSSR count). The number of carbonyl (C=O) groups excluding carboxylic acids is 1. The van der Waals surface area contributed by atoms with E-state index in [0.717, 1.165) is 27.5 Å². The monoisotopic (exact) mass is 290 g/mol. The van der Waals surface area contributed by atoms with Crippen molar-refractivity contribution in [3.8, 4) is 0 Å². The number of para-hydroxylation sites is 2. The maximum absolute atomic E-state index is 12.6. The number of nitrogens with two attached hydrogens (primary N) is 1. The van der Waals surface area contributed by atoms with Crippen molar-refractivity contribution in [2.75, 3.05) is 5.73 Å². The van der Waals surface area contributed by atoms with Crippen molar-refractivity contribution < 1.29 is 4.79 Å². The van der Waals surface area contributed by atoms with Crippen molar-refractivity contribution in [1.82, 2.24) is 14.5 Å². The number of benzene rings is 2. The number of H-pyrrole nitrogens is 1. The molecule has 108 valence electrons. The zero-order valence-corrected chi connectivity index (χ0v) is 11.8. The van der Waals surface area contributed by atoms with Gasteiger partial charge in [-0.2, -0.15) is 0 Å². The molecular weight excluding hydrogens is 276 g/mol. The molecule has 5 nitrogen and oxygen atoms in total. The number of hydrogen-bond donors (Lipinski definition) is 2. The first-order valence-electron chi connectivity index (χ1n) is 7.04. The number of imidazole rings is 1. The van der Waals surface area contributed by atoms with E-state index in [1.807, 2.05) is 54.7 Å². The van der Waals surface area contributed by atoms with Gasteiger partial charge in [0.1, 0.15) is 0 Å². The minimum Gasteiger partial charge on any atom is -0.369 e. The molecule has 0 unspecified atom stereocenters. The first-order valence-corrected chi connectivity index (χ1v) is 7.04. The smallest absolute Gasteiger partial charge is 0.238 e. The fourth-order valence-electron chi connectivity index (χ4n) is 2.77. The number of anilines is 1. The molecule has 0 radical (unpaired) electrons. The average Bonchev–Trinajstić information content (AvgIpc) is 3.09. The van der Waals surface area contributed by atoms with Crippen LogP contribution in [0.2, 0.25) is 0 Å². The van der Waals surface area contributed by atoms with Crippen LogP contribution in [0.1, 0.15) is 10.4 Å². The van der Waals surface area contributed by atoms with Gasteiger partial charge >= 0.3 is 0 Å². The summed E-state index contributed by atoms with van der Waals surface area (Å²) < 4.78 is 1.48. The van der Waals surface area contributed by atoms with Crippen LogP contribution in [-0.2, 0) is 6.42 Å². The SMILES string of the molecule is Nc1nc2ccccc2n1C(=O)Cc1ccc2cc[nH]c2c1. The van der Waals surface area contributed by atoms with E-state index in [-0.39, 0.29) is 18.3 Å². The molecule has 0 bridgehead atoms. The molecule has 2 aromatic heterocycles. The highest BCUT2D eigenvalue weighted by Crippen LogP contribution is 2.19. The van der Waals surface area contributed by atoms with Crippen LogP contribution in [0.25, 0.3) is 21.9 Å². The Labute approximate surface area is 126 Å². The minimum atomic E-state index is -0.0860. The quantitative estimate of drug-likeness (QED) is 0.596. The number of aromatic nitrogens is 3. The maximum atomic E-state index is 12.6. The summed E-state index contributed by atoms with van der Waals surface area (Å²) in [4.78, 5) is 20.0. The number of nitrogens with one attached hydrogen (secondary N) is 1. The minimum absolute atomic E-state index is 0.0860. The third kappa shape index (κ3) is 1.95. The van der Waals surface area contributed by atoms with Crippen molar-refractivity contribution in [3.63, 3.8) is 0 Å². The Morgan fingerprint density at radius 1 is 1.18 bits per heavy atom. The Morgan fingerprint density at radius 3 is 2.95 bits per heavy atom. The highest BCUT2D eigenvalue weighted by molar-refractivity contribution is 5.95.